The molecule has 2 saturated carbocycles. The number of aromatic amines is 1. The van der Waals surface area contributed by atoms with Crippen molar-refractivity contribution in [1.82, 2.24) is 14.8 Å². The van der Waals surface area contributed by atoms with Crippen LogP contribution in [0.5, 0.6) is 0 Å². The first-order valence-electron chi connectivity index (χ1n) is 13.3. The Labute approximate surface area is 208 Å². The number of carbonyl (C=O) groups excluding carboxylic acids is 2. The highest BCUT2D eigenvalue weighted by atomic mass is 16.2. The van der Waals surface area contributed by atoms with E-state index in [0.29, 0.717) is 13.1 Å². The SMILES string of the molecule is Cc1ccc(CN(CCc2c[nH]c3ccccc23)C(=O)CN(C(=O)C2CCCCC2)C2CC2)cc1. The van der Waals surface area contributed by atoms with Gasteiger partial charge in [0.15, 0.2) is 0 Å². The third kappa shape index (κ3) is 5.77. The lowest BCUT2D eigenvalue weighted by molar-refractivity contribution is -0.144. The van der Waals surface area contributed by atoms with Gasteiger partial charge < -0.3 is 14.8 Å². The van der Waals surface area contributed by atoms with Crippen molar-refractivity contribution in [2.24, 2.45) is 5.92 Å². The van der Waals surface area contributed by atoms with E-state index in [2.05, 4.69) is 60.6 Å². The van der Waals surface area contributed by atoms with Crippen LogP contribution in [0.15, 0.2) is 54.7 Å². The van der Waals surface area contributed by atoms with Crippen molar-refractivity contribution in [3.63, 3.8) is 0 Å². The zero-order valence-corrected chi connectivity index (χ0v) is 20.8. The highest BCUT2D eigenvalue weighted by Crippen LogP contribution is 2.32. The molecule has 1 N–H and O–H groups in total. The van der Waals surface area contributed by atoms with Gasteiger partial charge in [-0.25, -0.2) is 0 Å². The van der Waals surface area contributed by atoms with Crippen molar-refractivity contribution in [3.05, 3.63) is 71.4 Å². The molecule has 1 aromatic heterocycles. The number of rotatable bonds is 9. The molecule has 0 atom stereocenters. The Balaban J connectivity index is 1.32. The van der Waals surface area contributed by atoms with E-state index in [1.165, 1.54) is 22.9 Å². The lowest BCUT2D eigenvalue weighted by Gasteiger charge is -2.31. The Morgan fingerprint density at radius 2 is 1.69 bits per heavy atom. The van der Waals surface area contributed by atoms with E-state index in [4.69, 9.17) is 0 Å². The van der Waals surface area contributed by atoms with Gasteiger partial charge in [0.1, 0.15) is 6.54 Å². The molecular formula is C30H37N3O2. The van der Waals surface area contributed by atoms with Gasteiger partial charge in [-0.2, -0.15) is 0 Å². The Morgan fingerprint density at radius 1 is 0.943 bits per heavy atom. The van der Waals surface area contributed by atoms with E-state index < -0.39 is 0 Å². The van der Waals surface area contributed by atoms with E-state index in [0.717, 1.165) is 56.0 Å². The highest BCUT2D eigenvalue weighted by molar-refractivity contribution is 5.87. The first-order chi connectivity index (χ1) is 17.1. The Kier molecular flexibility index (Phi) is 7.21. The molecule has 2 amide bonds. The fourth-order valence-corrected chi connectivity index (χ4v) is 5.40. The van der Waals surface area contributed by atoms with Crippen molar-refractivity contribution in [2.45, 2.75) is 70.9 Å². The number of para-hydroxylation sites is 1. The van der Waals surface area contributed by atoms with Crippen molar-refractivity contribution in [2.75, 3.05) is 13.1 Å². The molecule has 35 heavy (non-hydrogen) atoms. The van der Waals surface area contributed by atoms with Gasteiger partial charge in [-0.15, -0.1) is 0 Å². The quantitative estimate of drug-likeness (QED) is 0.440. The fraction of sp³-hybridized carbons (Fsp3) is 0.467. The summed E-state index contributed by atoms with van der Waals surface area (Å²) in [4.78, 5) is 34.3. The van der Waals surface area contributed by atoms with Crippen LogP contribution in [0.1, 0.15) is 61.6 Å². The van der Waals surface area contributed by atoms with Gasteiger partial charge in [-0.05, 0) is 56.2 Å². The Hall–Kier alpha value is -3.08. The maximum absolute atomic E-state index is 13.7. The van der Waals surface area contributed by atoms with Gasteiger partial charge in [0, 0.05) is 42.1 Å². The number of carbonyl (C=O) groups is 2. The van der Waals surface area contributed by atoms with Gasteiger partial charge in [0.25, 0.3) is 0 Å². The molecule has 5 rings (SSSR count). The summed E-state index contributed by atoms with van der Waals surface area (Å²) in [5.41, 5.74) is 4.68. The molecular weight excluding hydrogens is 434 g/mol. The topological polar surface area (TPSA) is 56.4 Å². The molecule has 1 heterocycles. The van der Waals surface area contributed by atoms with Crippen LogP contribution in [0.25, 0.3) is 10.9 Å². The Morgan fingerprint density at radius 3 is 2.43 bits per heavy atom. The summed E-state index contributed by atoms with van der Waals surface area (Å²) in [7, 11) is 0. The van der Waals surface area contributed by atoms with Gasteiger partial charge in [-0.1, -0.05) is 67.3 Å². The highest BCUT2D eigenvalue weighted by Gasteiger charge is 2.37. The smallest absolute Gasteiger partial charge is 0.242 e. The minimum Gasteiger partial charge on any atom is -0.361 e. The van der Waals surface area contributed by atoms with Crippen LogP contribution < -0.4 is 0 Å². The number of nitrogens with zero attached hydrogens (tertiary/aromatic N) is 2. The van der Waals surface area contributed by atoms with Crippen LogP contribution in [0, 0.1) is 12.8 Å². The number of H-pyrrole nitrogens is 1. The number of fused-ring (bicyclic) bond motifs is 1. The summed E-state index contributed by atoms with van der Waals surface area (Å²) in [5.74, 6) is 0.378. The van der Waals surface area contributed by atoms with Gasteiger partial charge in [-0.3, -0.25) is 9.59 Å². The van der Waals surface area contributed by atoms with E-state index in [-0.39, 0.29) is 30.3 Å². The number of nitrogens with one attached hydrogen (secondary N) is 1. The summed E-state index contributed by atoms with van der Waals surface area (Å²) >= 11 is 0. The molecule has 2 aromatic carbocycles. The zero-order valence-electron chi connectivity index (χ0n) is 20.8. The molecule has 0 saturated heterocycles. The number of amides is 2. The molecule has 0 bridgehead atoms. The van der Waals surface area contributed by atoms with Crippen molar-refractivity contribution >= 4 is 22.7 Å². The van der Waals surface area contributed by atoms with E-state index >= 15 is 0 Å². The summed E-state index contributed by atoms with van der Waals surface area (Å²) in [6.07, 6.45) is 10.3. The predicted octanol–water partition coefficient (Wildman–Crippen LogP) is 5.62. The summed E-state index contributed by atoms with van der Waals surface area (Å²) in [6.45, 7) is 3.48. The number of hydrogen-bond acceptors (Lipinski definition) is 2. The normalized spacial score (nSPS) is 16.4. The summed E-state index contributed by atoms with van der Waals surface area (Å²) in [5, 5.41) is 1.21. The van der Waals surface area contributed by atoms with E-state index in [1.807, 2.05) is 15.9 Å². The second-order valence-corrected chi connectivity index (χ2v) is 10.4. The molecule has 5 nitrogen and oxygen atoms in total. The standard InChI is InChI=1S/C30H37N3O2/c1-22-11-13-23(14-12-22)20-32(18-17-25-19-31-28-10-6-5-9-27(25)28)29(34)21-33(26-15-16-26)30(35)24-7-3-2-4-8-24/h5-6,9-14,19,24,26,31H,2-4,7-8,15-18,20-21H2,1H3. The van der Waals surface area contributed by atoms with Crippen LogP contribution in [0.3, 0.4) is 0 Å². The molecule has 2 fully saturated rings. The van der Waals surface area contributed by atoms with Crippen molar-refractivity contribution < 1.29 is 9.59 Å². The largest absolute Gasteiger partial charge is 0.361 e. The number of aryl methyl sites for hydroxylation is 1. The minimum atomic E-state index is 0.0569. The molecule has 0 aliphatic heterocycles. The van der Waals surface area contributed by atoms with Crippen molar-refractivity contribution in [1.29, 1.82) is 0 Å². The van der Waals surface area contributed by atoms with Gasteiger partial charge >= 0.3 is 0 Å². The van der Waals surface area contributed by atoms with Crippen LogP contribution >= 0.6 is 0 Å². The number of benzene rings is 2. The monoisotopic (exact) mass is 471 g/mol. The Bertz CT molecular complexity index is 1160. The third-order valence-electron chi connectivity index (χ3n) is 7.70. The molecule has 2 aliphatic rings. The molecule has 5 heteroatoms. The van der Waals surface area contributed by atoms with Crippen LogP contribution in [0.2, 0.25) is 0 Å². The second kappa shape index (κ2) is 10.7. The van der Waals surface area contributed by atoms with Crippen LogP contribution in [-0.4, -0.2) is 45.7 Å². The average Bonchev–Trinajstić information content (AvgIpc) is 3.65. The number of aromatic nitrogens is 1. The van der Waals surface area contributed by atoms with Crippen molar-refractivity contribution in [3.8, 4) is 0 Å². The molecule has 2 aliphatic carbocycles. The first kappa shape index (κ1) is 23.7. The second-order valence-electron chi connectivity index (χ2n) is 10.4. The molecule has 0 unspecified atom stereocenters. The van der Waals surface area contributed by atoms with Gasteiger partial charge in [0.2, 0.25) is 11.8 Å². The molecule has 0 spiro atoms. The number of hydrogen-bond donors (Lipinski definition) is 1. The molecule has 0 radical (unpaired) electrons. The maximum atomic E-state index is 13.7. The summed E-state index contributed by atoms with van der Waals surface area (Å²) < 4.78 is 0. The molecule has 184 valence electrons. The predicted molar refractivity (Wildman–Crippen MR) is 140 cm³/mol. The zero-order chi connectivity index (χ0) is 24.2. The van der Waals surface area contributed by atoms with E-state index in [9.17, 15) is 9.59 Å². The lowest BCUT2D eigenvalue weighted by atomic mass is 9.88. The van der Waals surface area contributed by atoms with Crippen LogP contribution in [0.4, 0.5) is 0 Å². The van der Waals surface area contributed by atoms with E-state index in [1.54, 1.807) is 0 Å². The summed E-state index contributed by atoms with van der Waals surface area (Å²) in [6, 6.07) is 17.0. The first-order valence-corrected chi connectivity index (χ1v) is 13.3. The lowest BCUT2D eigenvalue weighted by Crippen LogP contribution is -2.46. The fourth-order valence-electron chi connectivity index (χ4n) is 5.40. The maximum Gasteiger partial charge on any atom is 0.242 e. The third-order valence-corrected chi connectivity index (χ3v) is 7.70. The molecule has 3 aromatic rings. The van der Waals surface area contributed by atoms with Crippen LogP contribution in [-0.2, 0) is 22.6 Å². The average molecular weight is 472 g/mol. The minimum absolute atomic E-state index is 0.0569. The van der Waals surface area contributed by atoms with Gasteiger partial charge in [0.05, 0.1) is 0 Å².